The molecule has 1 N–H and O–H groups in total. The van der Waals surface area contributed by atoms with Gasteiger partial charge in [0, 0.05) is 39.3 Å². The molecule has 2 atom stereocenters. The van der Waals surface area contributed by atoms with Crippen molar-refractivity contribution in [1.29, 1.82) is 0 Å². The van der Waals surface area contributed by atoms with Gasteiger partial charge < -0.3 is 14.7 Å². The summed E-state index contributed by atoms with van der Waals surface area (Å²) in [5.41, 5.74) is -0.473. The molecular formula is C15H30N2O3. The lowest BCUT2D eigenvalue weighted by Gasteiger charge is -2.43. The quantitative estimate of drug-likeness (QED) is 0.790. The molecule has 118 valence electrons. The van der Waals surface area contributed by atoms with Gasteiger partial charge in [-0.2, -0.15) is 0 Å². The zero-order valence-electron chi connectivity index (χ0n) is 13.6. The van der Waals surface area contributed by atoms with Crippen LogP contribution >= 0.6 is 0 Å². The summed E-state index contributed by atoms with van der Waals surface area (Å²) in [6.45, 7) is 11.2. The first kappa shape index (κ1) is 17.4. The van der Waals surface area contributed by atoms with Crippen molar-refractivity contribution in [1.82, 2.24) is 9.80 Å². The van der Waals surface area contributed by atoms with Crippen LogP contribution < -0.4 is 0 Å². The summed E-state index contributed by atoms with van der Waals surface area (Å²) >= 11 is 0. The van der Waals surface area contributed by atoms with E-state index in [4.69, 9.17) is 4.74 Å². The van der Waals surface area contributed by atoms with E-state index in [9.17, 15) is 9.90 Å². The van der Waals surface area contributed by atoms with Crippen LogP contribution in [-0.4, -0.2) is 72.9 Å². The van der Waals surface area contributed by atoms with Crippen molar-refractivity contribution in [3.63, 3.8) is 0 Å². The molecule has 1 saturated heterocycles. The molecule has 1 rings (SSSR count). The fourth-order valence-electron chi connectivity index (χ4n) is 2.89. The van der Waals surface area contributed by atoms with E-state index < -0.39 is 5.41 Å². The monoisotopic (exact) mass is 286 g/mol. The predicted octanol–water partition coefficient (Wildman–Crippen LogP) is 0.963. The zero-order chi connectivity index (χ0) is 15.3. The number of β-amino-alcohol motifs (C(OH)–C–C–N with tert-alkyl or cyclic N) is 1. The topological polar surface area (TPSA) is 53.0 Å². The van der Waals surface area contributed by atoms with Crippen molar-refractivity contribution in [2.75, 3.05) is 39.9 Å². The van der Waals surface area contributed by atoms with E-state index in [0.717, 1.165) is 26.1 Å². The van der Waals surface area contributed by atoms with Crippen LogP contribution in [0.25, 0.3) is 0 Å². The number of ether oxygens (including phenoxy) is 1. The summed E-state index contributed by atoms with van der Waals surface area (Å²) in [7, 11) is 1.63. The van der Waals surface area contributed by atoms with Gasteiger partial charge in [0.25, 0.3) is 0 Å². The zero-order valence-corrected chi connectivity index (χ0v) is 13.6. The van der Waals surface area contributed by atoms with Gasteiger partial charge in [-0.1, -0.05) is 6.92 Å². The lowest BCUT2D eigenvalue weighted by molar-refractivity contribution is -0.146. The van der Waals surface area contributed by atoms with Crippen molar-refractivity contribution in [3.8, 4) is 0 Å². The van der Waals surface area contributed by atoms with E-state index in [1.807, 2.05) is 25.7 Å². The van der Waals surface area contributed by atoms with Gasteiger partial charge in [-0.3, -0.25) is 9.69 Å². The van der Waals surface area contributed by atoms with Crippen LogP contribution in [0, 0.1) is 5.41 Å². The highest BCUT2D eigenvalue weighted by Gasteiger charge is 2.36. The average molecular weight is 286 g/mol. The Morgan fingerprint density at radius 3 is 2.60 bits per heavy atom. The van der Waals surface area contributed by atoms with Gasteiger partial charge >= 0.3 is 0 Å². The Bertz CT molecular complexity index is 318. The maximum absolute atomic E-state index is 12.6. The number of rotatable bonds is 6. The van der Waals surface area contributed by atoms with E-state index in [1.54, 1.807) is 7.11 Å². The molecular weight excluding hydrogens is 256 g/mol. The minimum Gasteiger partial charge on any atom is -0.392 e. The van der Waals surface area contributed by atoms with Gasteiger partial charge in [-0.05, 0) is 27.2 Å². The third kappa shape index (κ3) is 4.43. The van der Waals surface area contributed by atoms with Gasteiger partial charge in [-0.25, -0.2) is 0 Å². The summed E-state index contributed by atoms with van der Waals surface area (Å²) in [6, 6.07) is 0.334. The summed E-state index contributed by atoms with van der Waals surface area (Å²) in [6.07, 6.45) is 0.664. The van der Waals surface area contributed by atoms with Crippen molar-refractivity contribution in [3.05, 3.63) is 0 Å². The molecule has 1 aliphatic heterocycles. The van der Waals surface area contributed by atoms with Gasteiger partial charge in [0.1, 0.15) is 0 Å². The lowest BCUT2D eigenvalue weighted by atomic mass is 9.92. The maximum atomic E-state index is 12.6. The highest BCUT2D eigenvalue weighted by atomic mass is 16.5. The Kier molecular flexibility index (Phi) is 6.43. The second kappa shape index (κ2) is 7.38. The highest BCUT2D eigenvalue weighted by molar-refractivity contribution is 5.82. The van der Waals surface area contributed by atoms with Crippen LogP contribution in [0.1, 0.15) is 34.1 Å². The molecule has 2 unspecified atom stereocenters. The van der Waals surface area contributed by atoms with E-state index >= 15 is 0 Å². The van der Waals surface area contributed by atoms with Crippen LogP contribution in [-0.2, 0) is 9.53 Å². The molecule has 1 fully saturated rings. The molecule has 5 heteroatoms. The number of hydrogen-bond acceptors (Lipinski definition) is 4. The first-order valence-electron chi connectivity index (χ1n) is 7.52. The molecule has 0 radical (unpaired) electrons. The lowest BCUT2D eigenvalue weighted by Crippen LogP contribution is -2.58. The summed E-state index contributed by atoms with van der Waals surface area (Å²) in [4.78, 5) is 16.8. The van der Waals surface area contributed by atoms with E-state index in [0.29, 0.717) is 19.2 Å². The largest absolute Gasteiger partial charge is 0.392 e. The molecule has 0 aromatic rings. The molecule has 20 heavy (non-hydrogen) atoms. The number of aliphatic hydroxyl groups is 1. The van der Waals surface area contributed by atoms with E-state index in [1.165, 1.54) is 0 Å². The van der Waals surface area contributed by atoms with Crippen molar-refractivity contribution in [2.24, 2.45) is 5.41 Å². The number of carbonyl (C=O) groups excluding carboxylic acids is 1. The molecule has 0 saturated carbocycles. The molecule has 0 spiro atoms. The Balaban J connectivity index is 2.66. The molecule has 0 bridgehead atoms. The number of piperazine rings is 1. The second-order valence-electron chi connectivity index (χ2n) is 6.47. The highest BCUT2D eigenvalue weighted by Crippen LogP contribution is 2.22. The number of carbonyl (C=O) groups is 1. The number of nitrogens with zero attached hydrogens (tertiary/aromatic N) is 2. The molecule has 1 heterocycles. The minimum atomic E-state index is -0.473. The summed E-state index contributed by atoms with van der Waals surface area (Å²) in [5.74, 6) is 0.162. The number of hydrogen-bond donors (Lipinski definition) is 1. The standard InChI is InChI=1S/C15H30N2O3/c1-6-13-10-17(8-7-16(13)9-12(2)18)14(19)15(3,4)11-20-5/h12-13,18H,6-11H2,1-5H3. The van der Waals surface area contributed by atoms with Crippen LogP contribution in [0.5, 0.6) is 0 Å². The molecule has 0 aromatic carbocycles. The molecule has 1 aliphatic rings. The first-order valence-corrected chi connectivity index (χ1v) is 7.52. The normalized spacial score (nSPS) is 22.9. The van der Waals surface area contributed by atoms with Crippen LogP contribution in [0.15, 0.2) is 0 Å². The van der Waals surface area contributed by atoms with Gasteiger partial charge in [0.15, 0.2) is 0 Å². The van der Waals surface area contributed by atoms with Crippen molar-refractivity contribution < 1.29 is 14.6 Å². The average Bonchev–Trinajstić information content (AvgIpc) is 2.37. The molecule has 0 aliphatic carbocycles. The third-order valence-corrected chi connectivity index (χ3v) is 3.95. The minimum absolute atomic E-state index is 0.162. The SMILES string of the molecule is CCC1CN(C(=O)C(C)(C)COC)CCN1CC(C)O. The number of amides is 1. The van der Waals surface area contributed by atoms with Gasteiger partial charge in [0.05, 0.1) is 18.1 Å². The second-order valence-corrected chi connectivity index (χ2v) is 6.47. The number of aliphatic hydroxyl groups excluding tert-OH is 1. The fourth-order valence-corrected chi connectivity index (χ4v) is 2.89. The van der Waals surface area contributed by atoms with Crippen molar-refractivity contribution in [2.45, 2.75) is 46.3 Å². The van der Waals surface area contributed by atoms with Gasteiger partial charge in [0.2, 0.25) is 5.91 Å². The van der Waals surface area contributed by atoms with E-state index in [-0.39, 0.29) is 12.0 Å². The van der Waals surface area contributed by atoms with Crippen LogP contribution in [0.4, 0.5) is 0 Å². The molecule has 1 amide bonds. The Hall–Kier alpha value is -0.650. The van der Waals surface area contributed by atoms with E-state index in [2.05, 4.69) is 11.8 Å². The smallest absolute Gasteiger partial charge is 0.230 e. The van der Waals surface area contributed by atoms with Crippen LogP contribution in [0.3, 0.4) is 0 Å². The van der Waals surface area contributed by atoms with Crippen LogP contribution in [0.2, 0.25) is 0 Å². The molecule has 0 aromatic heterocycles. The Morgan fingerprint density at radius 2 is 2.10 bits per heavy atom. The third-order valence-electron chi connectivity index (χ3n) is 3.95. The Morgan fingerprint density at radius 1 is 1.45 bits per heavy atom. The van der Waals surface area contributed by atoms with Crippen molar-refractivity contribution >= 4 is 5.91 Å². The molecule has 5 nitrogen and oxygen atoms in total. The number of methoxy groups -OCH3 is 1. The maximum Gasteiger partial charge on any atom is 0.230 e. The summed E-state index contributed by atoms with van der Waals surface area (Å²) < 4.78 is 5.15. The Labute approximate surface area is 122 Å². The summed E-state index contributed by atoms with van der Waals surface area (Å²) in [5, 5.41) is 9.55. The van der Waals surface area contributed by atoms with Gasteiger partial charge in [-0.15, -0.1) is 0 Å². The predicted molar refractivity (Wildman–Crippen MR) is 79.6 cm³/mol. The first-order chi connectivity index (χ1) is 9.31. The fraction of sp³-hybridized carbons (Fsp3) is 0.933.